The summed E-state index contributed by atoms with van der Waals surface area (Å²) < 4.78 is 0. The van der Waals surface area contributed by atoms with Crippen LogP contribution >= 0.6 is 11.6 Å². The van der Waals surface area contributed by atoms with Crippen LogP contribution in [0.1, 0.15) is 23.5 Å². The van der Waals surface area contributed by atoms with E-state index in [4.69, 9.17) is 17.3 Å². The normalized spacial score (nSPS) is 12.1. The number of amides is 1. The maximum atomic E-state index is 11.3. The first kappa shape index (κ1) is 13.4. The molecule has 2 rings (SSSR count). The van der Waals surface area contributed by atoms with Crippen LogP contribution in [-0.2, 0) is 4.79 Å². The highest BCUT2D eigenvalue weighted by Crippen LogP contribution is 2.35. The fraction of sp³-hybridized carbons (Fsp3) is 0.133. The molecule has 98 valence electrons. The Labute approximate surface area is 116 Å². The van der Waals surface area contributed by atoms with Crippen LogP contribution in [-0.4, -0.2) is 11.0 Å². The number of hydrogen-bond donors (Lipinski definition) is 2. The van der Waals surface area contributed by atoms with Gasteiger partial charge < -0.3 is 10.8 Å². The molecule has 19 heavy (non-hydrogen) atoms. The van der Waals surface area contributed by atoms with Gasteiger partial charge in [0.05, 0.1) is 0 Å². The highest BCUT2D eigenvalue weighted by molar-refractivity contribution is 6.30. The molecule has 0 aliphatic carbocycles. The van der Waals surface area contributed by atoms with Gasteiger partial charge in [-0.3, -0.25) is 4.79 Å². The zero-order valence-corrected chi connectivity index (χ0v) is 11.0. The largest absolute Gasteiger partial charge is 0.508 e. The molecule has 3 nitrogen and oxygen atoms in total. The molecule has 0 saturated carbocycles. The zero-order chi connectivity index (χ0) is 13.8. The molecule has 2 aromatic carbocycles. The third-order valence-corrected chi connectivity index (χ3v) is 3.21. The van der Waals surface area contributed by atoms with Gasteiger partial charge in [-0.2, -0.15) is 0 Å². The van der Waals surface area contributed by atoms with E-state index in [1.165, 1.54) is 6.07 Å². The smallest absolute Gasteiger partial charge is 0.218 e. The number of phenolic OH excluding ortho intramolecular Hbond substituents is 1. The Morgan fingerprint density at radius 2 is 1.89 bits per heavy atom. The molecule has 3 N–H and O–H groups in total. The maximum absolute atomic E-state index is 11.3. The predicted octanol–water partition coefficient (Wildman–Crippen LogP) is 3.05. The average Bonchev–Trinajstić information content (AvgIpc) is 2.40. The molecular formula is C15H14ClNO2. The summed E-state index contributed by atoms with van der Waals surface area (Å²) in [7, 11) is 0. The Balaban J connectivity index is 2.48. The minimum Gasteiger partial charge on any atom is -0.508 e. The van der Waals surface area contributed by atoms with Crippen LogP contribution in [0.3, 0.4) is 0 Å². The monoisotopic (exact) mass is 275 g/mol. The molecule has 0 fully saturated rings. The van der Waals surface area contributed by atoms with Crippen LogP contribution in [0.15, 0.2) is 48.5 Å². The lowest BCUT2D eigenvalue weighted by molar-refractivity contribution is -0.118. The van der Waals surface area contributed by atoms with Gasteiger partial charge in [0.1, 0.15) is 5.75 Å². The fourth-order valence-electron chi connectivity index (χ4n) is 2.10. The zero-order valence-electron chi connectivity index (χ0n) is 10.2. The summed E-state index contributed by atoms with van der Waals surface area (Å²) in [4.78, 5) is 11.3. The van der Waals surface area contributed by atoms with Crippen molar-refractivity contribution in [1.82, 2.24) is 0 Å². The third-order valence-electron chi connectivity index (χ3n) is 2.97. The van der Waals surface area contributed by atoms with Gasteiger partial charge in [-0.15, -0.1) is 0 Å². The van der Waals surface area contributed by atoms with E-state index in [-0.39, 0.29) is 18.1 Å². The van der Waals surface area contributed by atoms with E-state index in [0.29, 0.717) is 10.6 Å². The molecule has 2 aromatic rings. The number of nitrogens with two attached hydrogens (primary N) is 1. The molecule has 0 aliphatic heterocycles. The highest BCUT2D eigenvalue weighted by atomic mass is 35.5. The van der Waals surface area contributed by atoms with Crippen molar-refractivity contribution in [3.63, 3.8) is 0 Å². The van der Waals surface area contributed by atoms with Crippen LogP contribution in [0.25, 0.3) is 0 Å². The second kappa shape index (κ2) is 5.76. The van der Waals surface area contributed by atoms with Gasteiger partial charge >= 0.3 is 0 Å². The second-order valence-corrected chi connectivity index (χ2v) is 4.77. The number of aromatic hydroxyl groups is 1. The summed E-state index contributed by atoms with van der Waals surface area (Å²) >= 11 is 5.96. The molecule has 1 unspecified atom stereocenters. The lowest BCUT2D eigenvalue weighted by atomic mass is 9.88. The topological polar surface area (TPSA) is 63.3 Å². The number of benzene rings is 2. The fourth-order valence-corrected chi connectivity index (χ4v) is 2.28. The van der Waals surface area contributed by atoms with Crippen LogP contribution in [0.2, 0.25) is 5.02 Å². The van der Waals surface area contributed by atoms with Gasteiger partial charge in [-0.1, -0.05) is 41.9 Å². The lowest BCUT2D eigenvalue weighted by Crippen LogP contribution is -2.16. The van der Waals surface area contributed by atoms with Crippen molar-refractivity contribution >= 4 is 17.5 Å². The summed E-state index contributed by atoms with van der Waals surface area (Å²) in [6.45, 7) is 0. The minimum atomic E-state index is -0.423. The van der Waals surface area contributed by atoms with E-state index in [9.17, 15) is 9.90 Å². The number of phenols is 1. The first-order valence-electron chi connectivity index (χ1n) is 5.89. The highest BCUT2D eigenvalue weighted by Gasteiger charge is 2.20. The second-order valence-electron chi connectivity index (χ2n) is 4.34. The molecule has 0 radical (unpaired) electrons. The number of carbonyl (C=O) groups excluding carboxylic acids is 1. The minimum absolute atomic E-state index is 0.111. The van der Waals surface area contributed by atoms with Gasteiger partial charge in [0, 0.05) is 22.9 Å². The molecule has 1 amide bonds. The first-order valence-corrected chi connectivity index (χ1v) is 6.27. The van der Waals surface area contributed by atoms with Crippen LogP contribution in [0, 0.1) is 0 Å². The van der Waals surface area contributed by atoms with Crippen molar-refractivity contribution in [3.05, 3.63) is 64.7 Å². The quantitative estimate of drug-likeness (QED) is 0.901. The third kappa shape index (κ3) is 3.26. The van der Waals surface area contributed by atoms with E-state index < -0.39 is 5.91 Å². The van der Waals surface area contributed by atoms with Crippen molar-refractivity contribution in [3.8, 4) is 5.75 Å². The molecule has 0 aromatic heterocycles. The van der Waals surface area contributed by atoms with E-state index in [0.717, 1.165) is 5.56 Å². The van der Waals surface area contributed by atoms with E-state index >= 15 is 0 Å². The number of carbonyl (C=O) groups is 1. The predicted molar refractivity (Wildman–Crippen MR) is 75.2 cm³/mol. The van der Waals surface area contributed by atoms with E-state index in [1.807, 2.05) is 30.3 Å². The maximum Gasteiger partial charge on any atom is 0.218 e. The van der Waals surface area contributed by atoms with Gasteiger partial charge in [0.15, 0.2) is 0 Å². The molecule has 1 atom stereocenters. The van der Waals surface area contributed by atoms with Gasteiger partial charge in [0.2, 0.25) is 5.91 Å². The Hall–Kier alpha value is -2.00. The van der Waals surface area contributed by atoms with Crippen molar-refractivity contribution in [2.45, 2.75) is 12.3 Å². The number of rotatable bonds is 4. The van der Waals surface area contributed by atoms with Crippen LogP contribution < -0.4 is 5.73 Å². The van der Waals surface area contributed by atoms with E-state index in [1.54, 1.807) is 12.1 Å². The standard InChI is InChI=1S/C15H14ClNO2/c16-11-6-7-14(18)13(8-11)12(9-15(17)19)10-4-2-1-3-5-10/h1-8,12,18H,9H2,(H2,17,19). The molecule has 0 aliphatic rings. The van der Waals surface area contributed by atoms with E-state index in [2.05, 4.69) is 0 Å². The van der Waals surface area contributed by atoms with Gasteiger partial charge in [-0.25, -0.2) is 0 Å². The number of hydrogen-bond acceptors (Lipinski definition) is 2. The molecule has 0 bridgehead atoms. The molecular weight excluding hydrogens is 262 g/mol. The number of halogens is 1. The Kier molecular flexibility index (Phi) is 4.07. The summed E-state index contributed by atoms with van der Waals surface area (Å²) in [6, 6.07) is 14.2. The average molecular weight is 276 g/mol. The van der Waals surface area contributed by atoms with Crippen molar-refractivity contribution in [2.24, 2.45) is 5.73 Å². The molecule has 0 spiro atoms. The summed E-state index contributed by atoms with van der Waals surface area (Å²) in [5.74, 6) is -0.606. The molecule has 0 saturated heterocycles. The van der Waals surface area contributed by atoms with Gasteiger partial charge in [-0.05, 0) is 23.8 Å². The summed E-state index contributed by atoms with van der Waals surface area (Å²) in [6.07, 6.45) is 0.123. The van der Waals surface area contributed by atoms with Gasteiger partial charge in [0.25, 0.3) is 0 Å². The number of primary amides is 1. The molecule has 0 heterocycles. The summed E-state index contributed by atoms with van der Waals surface area (Å²) in [5, 5.41) is 10.5. The van der Waals surface area contributed by atoms with Crippen LogP contribution in [0.4, 0.5) is 0 Å². The van der Waals surface area contributed by atoms with Crippen LogP contribution in [0.5, 0.6) is 5.75 Å². The van der Waals surface area contributed by atoms with Crippen molar-refractivity contribution < 1.29 is 9.90 Å². The lowest BCUT2D eigenvalue weighted by Gasteiger charge is -2.18. The Bertz CT molecular complexity index is 584. The SMILES string of the molecule is NC(=O)CC(c1ccccc1)c1cc(Cl)ccc1O. The first-order chi connectivity index (χ1) is 9.08. The summed E-state index contributed by atoms with van der Waals surface area (Å²) in [5.41, 5.74) is 6.83. The molecule has 4 heteroatoms. The van der Waals surface area contributed by atoms with Crippen molar-refractivity contribution in [2.75, 3.05) is 0 Å². The Morgan fingerprint density at radius 1 is 1.21 bits per heavy atom. The van der Waals surface area contributed by atoms with Crippen molar-refractivity contribution in [1.29, 1.82) is 0 Å². The Morgan fingerprint density at radius 3 is 2.53 bits per heavy atom.